The average molecular weight is 356 g/mol. The molecule has 1 aliphatic heterocycles. The van der Waals surface area contributed by atoms with Gasteiger partial charge in [0.2, 0.25) is 0 Å². The monoisotopic (exact) mass is 355 g/mol. The molecule has 132 valence electrons. The van der Waals surface area contributed by atoms with Crippen LogP contribution in [0.4, 0.5) is 0 Å². The molecule has 25 heavy (non-hydrogen) atoms. The highest BCUT2D eigenvalue weighted by atomic mass is 32.1. The van der Waals surface area contributed by atoms with Gasteiger partial charge >= 0.3 is 0 Å². The Bertz CT molecular complexity index is 669. The van der Waals surface area contributed by atoms with Crippen molar-refractivity contribution in [2.75, 3.05) is 13.2 Å². The third-order valence-corrected chi connectivity index (χ3v) is 4.77. The van der Waals surface area contributed by atoms with Crippen molar-refractivity contribution in [3.05, 3.63) is 65.5 Å². The second-order valence-electron chi connectivity index (χ2n) is 6.48. The molecule has 1 fully saturated rings. The van der Waals surface area contributed by atoms with Crippen molar-refractivity contribution in [1.29, 1.82) is 0 Å². The van der Waals surface area contributed by atoms with E-state index < -0.39 is 0 Å². The van der Waals surface area contributed by atoms with Gasteiger partial charge in [0, 0.05) is 25.9 Å². The summed E-state index contributed by atoms with van der Waals surface area (Å²) in [5.74, 6) is 0. The third-order valence-electron chi connectivity index (χ3n) is 4.37. The van der Waals surface area contributed by atoms with E-state index in [9.17, 15) is 0 Å². The molecular weight excluding hydrogens is 330 g/mol. The first-order valence-electron chi connectivity index (χ1n) is 8.80. The van der Waals surface area contributed by atoms with Gasteiger partial charge in [-0.15, -0.1) is 0 Å². The molecule has 0 amide bonds. The van der Waals surface area contributed by atoms with Gasteiger partial charge in [-0.1, -0.05) is 35.9 Å². The van der Waals surface area contributed by atoms with Crippen LogP contribution in [0.3, 0.4) is 0 Å². The van der Waals surface area contributed by atoms with Gasteiger partial charge in [0.1, 0.15) is 0 Å². The Hall–Kier alpha value is -1.98. The zero-order valence-electron chi connectivity index (χ0n) is 14.6. The highest BCUT2D eigenvalue weighted by molar-refractivity contribution is 7.80. The molecule has 4 nitrogen and oxygen atoms in total. The molecule has 2 heterocycles. The number of nitrogens with zero attached hydrogens (tertiary/aromatic N) is 2. The van der Waals surface area contributed by atoms with E-state index in [4.69, 9.17) is 17.0 Å². The number of rotatable bonds is 6. The molecular formula is C20H25N3OS. The Morgan fingerprint density at radius 1 is 1.24 bits per heavy atom. The number of benzene rings is 1. The van der Waals surface area contributed by atoms with Crippen LogP contribution in [-0.4, -0.2) is 34.3 Å². The SMILES string of the molecule is Cc1ccc(CN(Cc2ccccn2)C(=S)NCC2CCCO2)cc1. The predicted molar refractivity (Wildman–Crippen MR) is 104 cm³/mol. The quantitative estimate of drug-likeness (QED) is 0.804. The Morgan fingerprint density at radius 3 is 2.76 bits per heavy atom. The largest absolute Gasteiger partial charge is 0.376 e. The Balaban J connectivity index is 1.66. The summed E-state index contributed by atoms with van der Waals surface area (Å²) in [5.41, 5.74) is 3.51. The van der Waals surface area contributed by atoms with Crippen molar-refractivity contribution < 1.29 is 4.74 Å². The van der Waals surface area contributed by atoms with E-state index in [0.29, 0.717) is 6.54 Å². The number of hydrogen-bond acceptors (Lipinski definition) is 3. The maximum Gasteiger partial charge on any atom is 0.169 e. The Labute approximate surface area is 155 Å². The summed E-state index contributed by atoms with van der Waals surface area (Å²) in [6.07, 6.45) is 4.34. The molecule has 1 N–H and O–H groups in total. The summed E-state index contributed by atoms with van der Waals surface area (Å²) in [4.78, 5) is 6.60. The van der Waals surface area contributed by atoms with Crippen LogP contribution in [0, 0.1) is 6.92 Å². The number of ether oxygens (including phenoxy) is 1. The molecule has 0 saturated carbocycles. The maximum atomic E-state index is 5.68. The van der Waals surface area contributed by atoms with Gasteiger partial charge < -0.3 is 15.0 Å². The molecule has 0 bridgehead atoms. The number of thiocarbonyl (C=S) groups is 1. The van der Waals surface area contributed by atoms with Crippen LogP contribution in [0.5, 0.6) is 0 Å². The molecule has 0 aliphatic carbocycles. The maximum absolute atomic E-state index is 5.68. The van der Waals surface area contributed by atoms with Crippen LogP contribution in [0.25, 0.3) is 0 Å². The van der Waals surface area contributed by atoms with E-state index in [1.165, 1.54) is 11.1 Å². The summed E-state index contributed by atoms with van der Waals surface area (Å²) in [7, 11) is 0. The van der Waals surface area contributed by atoms with Gasteiger partial charge in [0.05, 0.1) is 18.3 Å². The van der Waals surface area contributed by atoms with Crippen LogP contribution in [0.1, 0.15) is 29.7 Å². The van der Waals surface area contributed by atoms with Gasteiger partial charge in [-0.05, 0) is 49.7 Å². The summed E-state index contributed by atoms with van der Waals surface area (Å²) in [6, 6.07) is 14.6. The molecule has 1 atom stereocenters. The lowest BCUT2D eigenvalue weighted by Gasteiger charge is -2.26. The highest BCUT2D eigenvalue weighted by Crippen LogP contribution is 2.13. The molecule has 1 aromatic carbocycles. The first-order valence-corrected chi connectivity index (χ1v) is 9.21. The van der Waals surface area contributed by atoms with Gasteiger partial charge in [0.25, 0.3) is 0 Å². The zero-order chi connectivity index (χ0) is 17.5. The van der Waals surface area contributed by atoms with Gasteiger partial charge in [-0.3, -0.25) is 4.98 Å². The second-order valence-corrected chi connectivity index (χ2v) is 6.87. The van der Waals surface area contributed by atoms with Crippen molar-refractivity contribution in [2.45, 2.75) is 39.0 Å². The van der Waals surface area contributed by atoms with E-state index in [1.54, 1.807) is 0 Å². The van der Waals surface area contributed by atoms with Gasteiger partial charge in [-0.25, -0.2) is 0 Å². The minimum Gasteiger partial charge on any atom is -0.376 e. The van der Waals surface area contributed by atoms with E-state index in [0.717, 1.165) is 43.3 Å². The predicted octanol–water partition coefficient (Wildman–Crippen LogP) is 3.45. The standard InChI is InChI=1S/C20H25N3OS/c1-16-7-9-17(10-8-16)14-23(15-18-5-2-3-11-21-18)20(25)22-13-19-6-4-12-24-19/h2-3,5,7-11,19H,4,6,12-15H2,1H3,(H,22,25). The second kappa shape index (κ2) is 8.92. The van der Waals surface area contributed by atoms with Crippen molar-refractivity contribution in [3.8, 4) is 0 Å². The summed E-state index contributed by atoms with van der Waals surface area (Å²) in [5, 5.41) is 4.13. The molecule has 2 aromatic rings. The Morgan fingerprint density at radius 2 is 2.08 bits per heavy atom. The summed E-state index contributed by atoms with van der Waals surface area (Å²) < 4.78 is 5.68. The summed E-state index contributed by atoms with van der Waals surface area (Å²) in [6.45, 7) is 5.18. The highest BCUT2D eigenvalue weighted by Gasteiger charge is 2.17. The fourth-order valence-electron chi connectivity index (χ4n) is 2.92. The van der Waals surface area contributed by atoms with Gasteiger partial charge in [0.15, 0.2) is 5.11 Å². The lowest BCUT2D eigenvalue weighted by molar-refractivity contribution is 0.113. The number of aromatic nitrogens is 1. The van der Waals surface area contributed by atoms with Crippen molar-refractivity contribution in [3.63, 3.8) is 0 Å². The van der Waals surface area contributed by atoms with Crippen LogP contribution in [0.15, 0.2) is 48.7 Å². The van der Waals surface area contributed by atoms with E-state index in [-0.39, 0.29) is 6.10 Å². The van der Waals surface area contributed by atoms with Crippen molar-refractivity contribution in [2.24, 2.45) is 0 Å². The minimum atomic E-state index is 0.272. The van der Waals surface area contributed by atoms with Gasteiger partial charge in [-0.2, -0.15) is 0 Å². The van der Waals surface area contributed by atoms with Crippen LogP contribution in [0.2, 0.25) is 0 Å². The molecule has 1 aliphatic rings. The topological polar surface area (TPSA) is 37.4 Å². The van der Waals surface area contributed by atoms with Crippen molar-refractivity contribution >= 4 is 17.3 Å². The smallest absolute Gasteiger partial charge is 0.169 e. The molecule has 1 saturated heterocycles. The fraction of sp³-hybridized carbons (Fsp3) is 0.400. The number of aryl methyl sites for hydroxylation is 1. The van der Waals surface area contributed by atoms with E-state index in [1.807, 2.05) is 24.4 Å². The minimum absolute atomic E-state index is 0.272. The average Bonchev–Trinajstić information content (AvgIpc) is 3.15. The third kappa shape index (κ3) is 5.51. The van der Waals surface area contributed by atoms with E-state index in [2.05, 4.69) is 46.4 Å². The summed E-state index contributed by atoms with van der Waals surface area (Å²) >= 11 is 5.67. The fourth-order valence-corrected chi connectivity index (χ4v) is 3.13. The zero-order valence-corrected chi connectivity index (χ0v) is 15.5. The molecule has 1 unspecified atom stereocenters. The van der Waals surface area contributed by atoms with Crippen molar-refractivity contribution in [1.82, 2.24) is 15.2 Å². The number of nitrogens with one attached hydrogen (secondary N) is 1. The lowest BCUT2D eigenvalue weighted by atomic mass is 10.1. The first kappa shape index (κ1) is 17.8. The molecule has 0 spiro atoms. The lowest BCUT2D eigenvalue weighted by Crippen LogP contribution is -2.42. The molecule has 1 aromatic heterocycles. The molecule has 0 radical (unpaired) electrons. The van der Waals surface area contributed by atoms with Crippen LogP contribution in [-0.2, 0) is 17.8 Å². The number of hydrogen-bond donors (Lipinski definition) is 1. The number of pyridine rings is 1. The molecule has 5 heteroatoms. The van der Waals surface area contributed by atoms with E-state index >= 15 is 0 Å². The molecule has 3 rings (SSSR count). The van der Waals surface area contributed by atoms with Crippen LogP contribution >= 0.6 is 12.2 Å². The van der Waals surface area contributed by atoms with Crippen LogP contribution < -0.4 is 5.32 Å². The normalized spacial score (nSPS) is 16.6. The first-order chi connectivity index (χ1) is 12.2. The Kier molecular flexibility index (Phi) is 6.36.